The van der Waals surface area contributed by atoms with Gasteiger partial charge in [-0.2, -0.15) is 0 Å². The lowest BCUT2D eigenvalue weighted by molar-refractivity contribution is 0.300. The van der Waals surface area contributed by atoms with E-state index in [0.29, 0.717) is 13.2 Å². The van der Waals surface area contributed by atoms with E-state index in [4.69, 9.17) is 9.84 Å². The number of aliphatic hydroxyl groups excluding tert-OH is 1. The summed E-state index contributed by atoms with van der Waals surface area (Å²) in [4.78, 5) is 2.13. The van der Waals surface area contributed by atoms with Gasteiger partial charge in [-0.15, -0.1) is 0 Å². The molecule has 114 valence electrons. The SMILES string of the molecule is CCCNCc1ccc(N(CC)CCO)c(OCC)c1. The molecular weight excluding hydrogens is 252 g/mol. The van der Waals surface area contributed by atoms with Gasteiger partial charge in [0.05, 0.1) is 18.9 Å². The molecule has 0 aliphatic rings. The highest BCUT2D eigenvalue weighted by molar-refractivity contribution is 5.59. The first-order chi connectivity index (χ1) is 9.76. The monoisotopic (exact) mass is 280 g/mol. The maximum Gasteiger partial charge on any atom is 0.142 e. The molecular formula is C16H28N2O2. The average molecular weight is 280 g/mol. The molecule has 0 saturated heterocycles. The molecule has 0 heterocycles. The average Bonchev–Trinajstić information content (AvgIpc) is 2.46. The molecule has 4 heteroatoms. The van der Waals surface area contributed by atoms with Gasteiger partial charge in [-0.1, -0.05) is 13.0 Å². The number of hydrogen-bond donors (Lipinski definition) is 2. The van der Waals surface area contributed by atoms with Gasteiger partial charge in [-0.3, -0.25) is 0 Å². The van der Waals surface area contributed by atoms with Gasteiger partial charge in [0, 0.05) is 19.6 Å². The lowest BCUT2D eigenvalue weighted by Crippen LogP contribution is -2.26. The number of nitrogens with zero attached hydrogens (tertiary/aromatic N) is 1. The van der Waals surface area contributed by atoms with Gasteiger partial charge in [-0.25, -0.2) is 0 Å². The molecule has 0 unspecified atom stereocenters. The zero-order valence-corrected chi connectivity index (χ0v) is 13.0. The number of ether oxygens (including phenoxy) is 1. The second kappa shape index (κ2) is 9.61. The van der Waals surface area contributed by atoms with Crippen molar-refractivity contribution < 1.29 is 9.84 Å². The quantitative estimate of drug-likeness (QED) is 0.646. The van der Waals surface area contributed by atoms with Crippen LogP contribution in [0.15, 0.2) is 18.2 Å². The van der Waals surface area contributed by atoms with Crippen LogP contribution in [0.5, 0.6) is 5.75 Å². The van der Waals surface area contributed by atoms with Crippen molar-refractivity contribution in [2.75, 3.05) is 37.7 Å². The highest BCUT2D eigenvalue weighted by atomic mass is 16.5. The molecule has 1 aromatic rings. The van der Waals surface area contributed by atoms with Crippen LogP contribution < -0.4 is 15.0 Å². The largest absolute Gasteiger partial charge is 0.492 e. The van der Waals surface area contributed by atoms with Gasteiger partial charge >= 0.3 is 0 Å². The molecule has 0 atom stereocenters. The molecule has 1 aromatic carbocycles. The summed E-state index contributed by atoms with van der Waals surface area (Å²) >= 11 is 0. The standard InChI is InChI=1S/C16H28N2O2/c1-4-9-17-13-14-7-8-15(16(12-14)20-6-3)18(5-2)10-11-19/h7-8,12,17,19H,4-6,9-11,13H2,1-3H3. The van der Waals surface area contributed by atoms with Crippen molar-refractivity contribution in [1.29, 1.82) is 0 Å². The molecule has 0 aromatic heterocycles. The molecule has 1 rings (SSSR count). The van der Waals surface area contributed by atoms with E-state index >= 15 is 0 Å². The molecule has 0 spiro atoms. The first kappa shape index (κ1) is 16.8. The fraction of sp³-hybridized carbons (Fsp3) is 0.625. The van der Waals surface area contributed by atoms with Gasteiger partial charge in [0.15, 0.2) is 0 Å². The maximum absolute atomic E-state index is 9.16. The van der Waals surface area contributed by atoms with Crippen LogP contribution in [-0.4, -0.2) is 38.0 Å². The first-order valence-corrected chi connectivity index (χ1v) is 7.59. The Balaban J connectivity index is 2.88. The number of rotatable bonds is 10. The molecule has 0 radical (unpaired) electrons. The Labute approximate surface area is 122 Å². The molecule has 20 heavy (non-hydrogen) atoms. The van der Waals surface area contributed by atoms with E-state index in [1.807, 2.05) is 6.92 Å². The molecule has 0 bridgehead atoms. The Bertz CT molecular complexity index is 383. The van der Waals surface area contributed by atoms with Crippen molar-refractivity contribution in [3.05, 3.63) is 23.8 Å². The Morgan fingerprint density at radius 2 is 2.05 bits per heavy atom. The number of hydrogen-bond acceptors (Lipinski definition) is 4. The van der Waals surface area contributed by atoms with Crippen molar-refractivity contribution >= 4 is 5.69 Å². The number of nitrogens with one attached hydrogen (secondary N) is 1. The van der Waals surface area contributed by atoms with Crippen LogP contribution in [-0.2, 0) is 6.54 Å². The topological polar surface area (TPSA) is 44.7 Å². The van der Waals surface area contributed by atoms with Crippen LogP contribution in [0.1, 0.15) is 32.8 Å². The zero-order chi connectivity index (χ0) is 14.8. The fourth-order valence-corrected chi connectivity index (χ4v) is 2.18. The van der Waals surface area contributed by atoms with Crippen molar-refractivity contribution in [3.8, 4) is 5.75 Å². The normalized spacial score (nSPS) is 10.6. The molecule has 0 amide bonds. The summed E-state index contributed by atoms with van der Waals surface area (Å²) in [5.74, 6) is 0.901. The van der Waals surface area contributed by atoms with Crippen LogP contribution in [0.2, 0.25) is 0 Å². The minimum atomic E-state index is 0.152. The minimum absolute atomic E-state index is 0.152. The third-order valence-corrected chi connectivity index (χ3v) is 3.17. The summed E-state index contributed by atoms with van der Waals surface area (Å²) in [6.45, 7) is 10.4. The van der Waals surface area contributed by atoms with Crippen molar-refractivity contribution in [1.82, 2.24) is 5.32 Å². The van der Waals surface area contributed by atoms with E-state index in [-0.39, 0.29) is 6.61 Å². The van der Waals surface area contributed by atoms with E-state index in [9.17, 15) is 0 Å². The van der Waals surface area contributed by atoms with Crippen LogP contribution in [0.4, 0.5) is 5.69 Å². The molecule has 2 N–H and O–H groups in total. The molecule has 0 fully saturated rings. The summed E-state index contributed by atoms with van der Waals surface area (Å²) in [6.07, 6.45) is 1.14. The van der Waals surface area contributed by atoms with Gasteiger partial charge in [0.2, 0.25) is 0 Å². The molecule has 0 saturated carbocycles. The first-order valence-electron chi connectivity index (χ1n) is 7.59. The van der Waals surface area contributed by atoms with Gasteiger partial charge < -0.3 is 20.1 Å². The number of benzene rings is 1. The molecule has 0 aliphatic heterocycles. The van der Waals surface area contributed by atoms with Gasteiger partial charge in [0.25, 0.3) is 0 Å². The van der Waals surface area contributed by atoms with Crippen molar-refractivity contribution in [2.24, 2.45) is 0 Å². The zero-order valence-electron chi connectivity index (χ0n) is 13.0. The fourth-order valence-electron chi connectivity index (χ4n) is 2.18. The number of anilines is 1. The van der Waals surface area contributed by atoms with Crippen molar-refractivity contribution in [2.45, 2.75) is 33.7 Å². The van der Waals surface area contributed by atoms with Crippen LogP contribution >= 0.6 is 0 Å². The number of likely N-dealkylation sites (N-methyl/N-ethyl adjacent to an activating group) is 1. The van der Waals surface area contributed by atoms with Gasteiger partial charge in [-0.05, 0) is 44.5 Å². The lowest BCUT2D eigenvalue weighted by atomic mass is 10.1. The summed E-state index contributed by atoms with van der Waals surface area (Å²) in [5.41, 5.74) is 2.29. The Morgan fingerprint density at radius 3 is 2.65 bits per heavy atom. The Hall–Kier alpha value is -1.26. The third kappa shape index (κ3) is 5.02. The summed E-state index contributed by atoms with van der Waals surface area (Å²) < 4.78 is 5.76. The molecule has 4 nitrogen and oxygen atoms in total. The summed E-state index contributed by atoms with van der Waals surface area (Å²) in [5, 5.41) is 12.6. The second-order valence-electron chi connectivity index (χ2n) is 4.72. The van der Waals surface area contributed by atoms with E-state index in [0.717, 1.165) is 37.5 Å². The number of aliphatic hydroxyl groups is 1. The maximum atomic E-state index is 9.16. The van der Waals surface area contributed by atoms with Crippen molar-refractivity contribution in [3.63, 3.8) is 0 Å². The predicted octanol–water partition coefficient (Wildman–Crippen LogP) is 2.40. The summed E-state index contributed by atoms with van der Waals surface area (Å²) in [7, 11) is 0. The van der Waals surface area contributed by atoms with Crippen LogP contribution in [0.25, 0.3) is 0 Å². The predicted molar refractivity (Wildman–Crippen MR) is 84.6 cm³/mol. The third-order valence-electron chi connectivity index (χ3n) is 3.17. The van der Waals surface area contributed by atoms with E-state index in [1.165, 1.54) is 5.56 Å². The lowest BCUT2D eigenvalue weighted by Gasteiger charge is -2.25. The highest BCUT2D eigenvalue weighted by Crippen LogP contribution is 2.29. The van der Waals surface area contributed by atoms with Crippen LogP contribution in [0, 0.1) is 0 Å². The Kier molecular flexibility index (Phi) is 8.07. The van der Waals surface area contributed by atoms with E-state index in [1.54, 1.807) is 0 Å². The van der Waals surface area contributed by atoms with Crippen LogP contribution in [0.3, 0.4) is 0 Å². The smallest absolute Gasteiger partial charge is 0.142 e. The van der Waals surface area contributed by atoms with E-state index in [2.05, 4.69) is 42.3 Å². The second-order valence-corrected chi connectivity index (χ2v) is 4.72. The molecule has 0 aliphatic carbocycles. The highest BCUT2D eigenvalue weighted by Gasteiger charge is 2.11. The minimum Gasteiger partial charge on any atom is -0.492 e. The van der Waals surface area contributed by atoms with Gasteiger partial charge in [0.1, 0.15) is 5.75 Å². The Morgan fingerprint density at radius 1 is 1.25 bits per heavy atom. The van der Waals surface area contributed by atoms with E-state index < -0.39 is 0 Å². The summed E-state index contributed by atoms with van der Waals surface area (Å²) in [6, 6.07) is 6.31.